The summed E-state index contributed by atoms with van der Waals surface area (Å²) in [4.78, 5) is 0. The first-order valence-corrected chi connectivity index (χ1v) is 4.22. The van der Waals surface area contributed by atoms with Gasteiger partial charge < -0.3 is 0 Å². The number of rotatable bonds is 2. The topological polar surface area (TPSA) is 0 Å². The minimum absolute atomic E-state index is 0.284. The fourth-order valence-electron chi connectivity index (χ4n) is 1.28. The Bertz CT molecular complexity index is 147. The maximum Gasteiger partial charge on any atom is 0.0548 e. The van der Waals surface area contributed by atoms with Crippen molar-refractivity contribution in [3.63, 3.8) is 0 Å². The molecule has 0 saturated heterocycles. The highest BCUT2D eigenvalue weighted by Crippen LogP contribution is 2.25. The molecule has 0 nitrogen and oxygen atoms in total. The molecule has 0 spiro atoms. The number of allylic oxidation sites excluding steroid dienone is 3. The first-order valence-electron chi connectivity index (χ1n) is 3.78. The van der Waals surface area contributed by atoms with E-state index in [4.69, 9.17) is 11.6 Å². The number of hydrogen-bond donors (Lipinski definition) is 0. The molecular formula is C9H13Cl. The summed E-state index contributed by atoms with van der Waals surface area (Å²) in [5, 5.41) is 0.284. The van der Waals surface area contributed by atoms with Gasteiger partial charge in [-0.15, -0.1) is 18.2 Å². The Balaban J connectivity index is 2.52. The normalized spacial score (nSPS) is 25.7. The van der Waals surface area contributed by atoms with Gasteiger partial charge in [-0.2, -0.15) is 0 Å². The molecule has 0 N–H and O–H groups in total. The van der Waals surface area contributed by atoms with Crippen molar-refractivity contribution >= 4 is 11.6 Å². The van der Waals surface area contributed by atoms with Crippen molar-refractivity contribution in [3.05, 3.63) is 24.3 Å². The molecule has 0 amide bonds. The Labute approximate surface area is 67.6 Å². The van der Waals surface area contributed by atoms with Gasteiger partial charge in [0.05, 0.1) is 5.38 Å². The molecule has 1 heteroatoms. The number of halogens is 1. The highest BCUT2D eigenvalue weighted by Gasteiger charge is 2.12. The summed E-state index contributed by atoms with van der Waals surface area (Å²) in [6, 6.07) is 0. The van der Waals surface area contributed by atoms with Crippen LogP contribution in [0, 0.1) is 0 Å². The van der Waals surface area contributed by atoms with Crippen molar-refractivity contribution in [3.8, 4) is 0 Å². The molecule has 1 rings (SSSR count). The van der Waals surface area contributed by atoms with Gasteiger partial charge in [0.25, 0.3) is 0 Å². The summed E-state index contributed by atoms with van der Waals surface area (Å²) in [7, 11) is 0. The molecule has 1 aliphatic carbocycles. The number of alkyl halides is 1. The van der Waals surface area contributed by atoms with Gasteiger partial charge in [0, 0.05) is 0 Å². The summed E-state index contributed by atoms with van der Waals surface area (Å²) in [6.07, 6.45) is 8.73. The lowest BCUT2D eigenvalue weighted by molar-refractivity contribution is 0.698. The summed E-state index contributed by atoms with van der Waals surface area (Å²) in [6.45, 7) is 3.69. The largest absolute Gasteiger partial charge is 0.118 e. The minimum atomic E-state index is 0.284. The third kappa shape index (κ3) is 1.88. The molecule has 1 unspecified atom stereocenters. The molecule has 0 bridgehead atoms. The van der Waals surface area contributed by atoms with Crippen LogP contribution >= 0.6 is 11.6 Å². The molecule has 1 atom stereocenters. The van der Waals surface area contributed by atoms with Gasteiger partial charge in [-0.05, 0) is 25.7 Å². The Morgan fingerprint density at radius 1 is 1.80 bits per heavy atom. The van der Waals surface area contributed by atoms with Crippen LogP contribution in [0.25, 0.3) is 0 Å². The lowest BCUT2D eigenvalue weighted by Crippen LogP contribution is -2.06. The lowest BCUT2D eigenvalue weighted by atomic mass is 9.97. The molecule has 0 heterocycles. The highest BCUT2D eigenvalue weighted by atomic mass is 35.5. The Kier molecular flexibility index (Phi) is 3.01. The molecule has 0 aromatic rings. The molecule has 0 saturated carbocycles. The summed E-state index contributed by atoms with van der Waals surface area (Å²) in [5.74, 6) is 0. The van der Waals surface area contributed by atoms with Crippen molar-refractivity contribution in [2.45, 2.75) is 31.1 Å². The van der Waals surface area contributed by atoms with E-state index in [-0.39, 0.29) is 5.38 Å². The molecule has 10 heavy (non-hydrogen) atoms. The van der Waals surface area contributed by atoms with Crippen LogP contribution in [0.2, 0.25) is 0 Å². The van der Waals surface area contributed by atoms with E-state index in [0.717, 1.165) is 12.8 Å². The minimum Gasteiger partial charge on any atom is -0.118 e. The van der Waals surface area contributed by atoms with E-state index >= 15 is 0 Å². The molecule has 56 valence electrons. The van der Waals surface area contributed by atoms with Gasteiger partial charge in [-0.3, -0.25) is 0 Å². The Morgan fingerprint density at radius 2 is 2.60 bits per heavy atom. The fourth-order valence-corrected chi connectivity index (χ4v) is 1.61. The smallest absolute Gasteiger partial charge is 0.0548 e. The molecule has 0 aliphatic heterocycles. The molecule has 0 aromatic carbocycles. The zero-order chi connectivity index (χ0) is 7.40. The van der Waals surface area contributed by atoms with Gasteiger partial charge in [-0.25, -0.2) is 0 Å². The van der Waals surface area contributed by atoms with Gasteiger partial charge in [0.2, 0.25) is 0 Å². The first kappa shape index (κ1) is 7.87. The van der Waals surface area contributed by atoms with Crippen LogP contribution < -0.4 is 0 Å². The summed E-state index contributed by atoms with van der Waals surface area (Å²) < 4.78 is 0. The molecule has 1 aliphatic rings. The van der Waals surface area contributed by atoms with E-state index in [1.165, 1.54) is 18.4 Å². The van der Waals surface area contributed by atoms with E-state index in [0.29, 0.717) is 0 Å². The lowest BCUT2D eigenvalue weighted by Gasteiger charge is -2.16. The van der Waals surface area contributed by atoms with Crippen molar-refractivity contribution in [2.24, 2.45) is 0 Å². The monoisotopic (exact) mass is 156 g/mol. The van der Waals surface area contributed by atoms with Crippen LogP contribution in [0.5, 0.6) is 0 Å². The van der Waals surface area contributed by atoms with E-state index < -0.39 is 0 Å². The SMILES string of the molecule is C=CCC1=CCCCC1Cl. The highest BCUT2D eigenvalue weighted by molar-refractivity contribution is 6.22. The summed E-state index contributed by atoms with van der Waals surface area (Å²) in [5.41, 5.74) is 1.36. The van der Waals surface area contributed by atoms with E-state index in [9.17, 15) is 0 Å². The quantitative estimate of drug-likeness (QED) is 0.425. The third-order valence-corrected chi connectivity index (χ3v) is 2.35. The van der Waals surface area contributed by atoms with Crippen LogP contribution in [-0.2, 0) is 0 Å². The second kappa shape index (κ2) is 3.82. The van der Waals surface area contributed by atoms with Crippen molar-refractivity contribution in [2.75, 3.05) is 0 Å². The average molecular weight is 157 g/mol. The van der Waals surface area contributed by atoms with Crippen LogP contribution in [0.4, 0.5) is 0 Å². The van der Waals surface area contributed by atoms with E-state index in [2.05, 4.69) is 12.7 Å². The third-order valence-electron chi connectivity index (χ3n) is 1.85. The second-order valence-electron chi connectivity index (χ2n) is 2.67. The van der Waals surface area contributed by atoms with Crippen molar-refractivity contribution in [1.29, 1.82) is 0 Å². The zero-order valence-corrected chi connectivity index (χ0v) is 6.90. The van der Waals surface area contributed by atoms with Crippen molar-refractivity contribution in [1.82, 2.24) is 0 Å². The van der Waals surface area contributed by atoms with Crippen LogP contribution in [-0.4, -0.2) is 5.38 Å². The van der Waals surface area contributed by atoms with Crippen molar-refractivity contribution < 1.29 is 0 Å². The van der Waals surface area contributed by atoms with Crippen LogP contribution in [0.1, 0.15) is 25.7 Å². The molecule has 0 aromatic heterocycles. The Hall–Kier alpha value is -0.230. The van der Waals surface area contributed by atoms with Gasteiger partial charge in [0.1, 0.15) is 0 Å². The van der Waals surface area contributed by atoms with E-state index in [1.54, 1.807) is 0 Å². The van der Waals surface area contributed by atoms with E-state index in [1.807, 2.05) is 6.08 Å². The van der Waals surface area contributed by atoms with Crippen LogP contribution in [0.15, 0.2) is 24.3 Å². The first-order chi connectivity index (χ1) is 4.84. The van der Waals surface area contributed by atoms with Crippen LogP contribution in [0.3, 0.4) is 0 Å². The molecule has 0 fully saturated rings. The Morgan fingerprint density at radius 3 is 3.20 bits per heavy atom. The maximum atomic E-state index is 6.05. The maximum absolute atomic E-state index is 6.05. The predicted octanol–water partition coefficient (Wildman–Crippen LogP) is 3.28. The molecule has 0 radical (unpaired) electrons. The van der Waals surface area contributed by atoms with Gasteiger partial charge in [-0.1, -0.05) is 17.7 Å². The standard InChI is InChI=1S/C9H13Cl/c1-2-5-8-6-3-4-7-9(8)10/h2,6,9H,1,3-5,7H2. The van der Waals surface area contributed by atoms with Gasteiger partial charge in [0.15, 0.2) is 0 Å². The molecular weight excluding hydrogens is 144 g/mol. The van der Waals surface area contributed by atoms with Gasteiger partial charge >= 0.3 is 0 Å². The zero-order valence-electron chi connectivity index (χ0n) is 6.15. The predicted molar refractivity (Wildman–Crippen MR) is 46.4 cm³/mol. The second-order valence-corrected chi connectivity index (χ2v) is 3.20. The number of hydrogen-bond acceptors (Lipinski definition) is 0. The fraction of sp³-hybridized carbons (Fsp3) is 0.556. The summed E-state index contributed by atoms with van der Waals surface area (Å²) >= 11 is 6.05. The average Bonchev–Trinajstić information content (AvgIpc) is 1.94.